The van der Waals surface area contributed by atoms with E-state index in [1.807, 2.05) is 0 Å². The maximum Gasteiger partial charge on any atom is 0.0426 e. The number of nitrogens with two attached hydrogens (primary N) is 1. The highest BCUT2D eigenvalue weighted by atomic mass is 79.9. The maximum atomic E-state index is 6.51. The largest absolute Gasteiger partial charge is 0.371 e. The molecule has 2 aliphatic heterocycles. The SMILES string of the molecule is CN1CCC2C(C1)C(N)c1ccc(Br)cc1N2C. The summed E-state index contributed by atoms with van der Waals surface area (Å²) in [5, 5.41) is 0. The summed E-state index contributed by atoms with van der Waals surface area (Å²) >= 11 is 3.56. The lowest BCUT2D eigenvalue weighted by atomic mass is 9.78. The Morgan fingerprint density at radius 2 is 2.11 bits per heavy atom. The summed E-state index contributed by atoms with van der Waals surface area (Å²) in [4.78, 5) is 4.83. The zero-order valence-corrected chi connectivity index (χ0v) is 12.5. The molecule has 0 aliphatic carbocycles. The molecule has 3 rings (SSSR count). The molecule has 4 heteroatoms. The first-order valence-corrected chi connectivity index (χ1v) is 7.33. The van der Waals surface area contributed by atoms with Gasteiger partial charge in [0.1, 0.15) is 0 Å². The Kier molecular flexibility index (Phi) is 3.12. The van der Waals surface area contributed by atoms with Crippen molar-refractivity contribution in [3.8, 4) is 0 Å². The number of halogens is 1. The number of rotatable bonds is 0. The van der Waals surface area contributed by atoms with E-state index in [-0.39, 0.29) is 6.04 Å². The number of hydrogen-bond donors (Lipinski definition) is 1. The lowest BCUT2D eigenvalue weighted by Gasteiger charge is -2.49. The number of anilines is 1. The van der Waals surface area contributed by atoms with Gasteiger partial charge in [-0.1, -0.05) is 22.0 Å². The average Bonchev–Trinajstić information content (AvgIpc) is 2.36. The van der Waals surface area contributed by atoms with Gasteiger partial charge in [0, 0.05) is 41.8 Å². The van der Waals surface area contributed by atoms with Crippen LogP contribution in [0.25, 0.3) is 0 Å². The van der Waals surface area contributed by atoms with Crippen LogP contribution in [-0.2, 0) is 0 Å². The Morgan fingerprint density at radius 1 is 1.33 bits per heavy atom. The molecule has 18 heavy (non-hydrogen) atoms. The molecule has 1 aromatic rings. The second kappa shape index (κ2) is 4.51. The molecule has 1 saturated heterocycles. The molecule has 1 aromatic carbocycles. The Labute approximate surface area is 117 Å². The smallest absolute Gasteiger partial charge is 0.0426 e. The number of fused-ring (bicyclic) bond motifs is 2. The van der Waals surface area contributed by atoms with Crippen molar-refractivity contribution in [2.45, 2.75) is 18.5 Å². The van der Waals surface area contributed by atoms with Crippen molar-refractivity contribution in [3.63, 3.8) is 0 Å². The van der Waals surface area contributed by atoms with E-state index in [1.165, 1.54) is 24.2 Å². The molecule has 3 atom stereocenters. The summed E-state index contributed by atoms with van der Waals surface area (Å²) in [6.45, 7) is 2.27. The Bertz CT molecular complexity index is 462. The van der Waals surface area contributed by atoms with Gasteiger partial charge in [0.25, 0.3) is 0 Å². The Hall–Kier alpha value is -0.580. The summed E-state index contributed by atoms with van der Waals surface area (Å²) in [5.74, 6) is 0.544. The van der Waals surface area contributed by atoms with Gasteiger partial charge < -0.3 is 15.5 Å². The molecule has 3 nitrogen and oxygen atoms in total. The van der Waals surface area contributed by atoms with Gasteiger partial charge in [-0.3, -0.25) is 0 Å². The third-order valence-electron chi connectivity index (χ3n) is 4.51. The molecule has 2 heterocycles. The van der Waals surface area contributed by atoms with Crippen LogP contribution in [0.5, 0.6) is 0 Å². The highest BCUT2D eigenvalue weighted by Gasteiger charge is 2.40. The monoisotopic (exact) mass is 309 g/mol. The van der Waals surface area contributed by atoms with E-state index < -0.39 is 0 Å². The summed E-state index contributed by atoms with van der Waals surface area (Å²) in [5.41, 5.74) is 9.09. The molecule has 0 bridgehead atoms. The van der Waals surface area contributed by atoms with Crippen molar-refractivity contribution in [1.82, 2.24) is 4.90 Å². The molecule has 0 radical (unpaired) electrons. The van der Waals surface area contributed by atoms with E-state index >= 15 is 0 Å². The molecule has 3 unspecified atom stereocenters. The molecule has 0 spiro atoms. The van der Waals surface area contributed by atoms with E-state index in [9.17, 15) is 0 Å². The Morgan fingerprint density at radius 3 is 2.89 bits per heavy atom. The predicted octanol–water partition coefficient (Wildman–Crippen LogP) is 2.22. The molecule has 0 amide bonds. The van der Waals surface area contributed by atoms with Crippen molar-refractivity contribution in [2.24, 2.45) is 11.7 Å². The van der Waals surface area contributed by atoms with Crippen LogP contribution in [0.2, 0.25) is 0 Å². The third-order valence-corrected chi connectivity index (χ3v) is 5.01. The minimum atomic E-state index is 0.164. The van der Waals surface area contributed by atoms with E-state index in [0.29, 0.717) is 12.0 Å². The topological polar surface area (TPSA) is 32.5 Å². The second-order valence-corrected chi connectivity index (χ2v) is 6.54. The van der Waals surface area contributed by atoms with Gasteiger partial charge in [0.05, 0.1) is 0 Å². The zero-order valence-electron chi connectivity index (χ0n) is 10.9. The van der Waals surface area contributed by atoms with E-state index in [2.05, 4.69) is 58.0 Å². The van der Waals surface area contributed by atoms with Crippen molar-refractivity contribution >= 4 is 21.6 Å². The molecular weight excluding hydrogens is 290 g/mol. The zero-order chi connectivity index (χ0) is 12.9. The van der Waals surface area contributed by atoms with Gasteiger partial charge in [-0.25, -0.2) is 0 Å². The molecule has 2 aliphatic rings. The van der Waals surface area contributed by atoms with E-state index in [0.717, 1.165) is 11.0 Å². The molecular formula is C14H20BrN3. The first-order chi connectivity index (χ1) is 8.58. The van der Waals surface area contributed by atoms with Gasteiger partial charge >= 0.3 is 0 Å². The fourth-order valence-electron chi connectivity index (χ4n) is 3.49. The first kappa shape index (κ1) is 12.5. The van der Waals surface area contributed by atoms with Crippen LogP contribution in [0.3, 0.4) is 0 Å². The number of hydrogen-bond acceptors (Lipinski definition) is 3. The minimum Gasteiger partial charge on any atom is -0.371 e. The number of nitrogens with zero attached hydrogens (tertiary/aromatic N) is 2. The first-order valence-electron chi connectivity index (χ1n) is 6.54. The summed E-state index contributed by atoms with van der Waals surface area (Å²) in [7, 11) is 4.40. The van der Waals surface area contributed by atoms with E-state index in [1.54, 1.807) is 0 Å². The lowest BCUT2D eigenvalue weighted by molar-refractivity contribution is 0.154. The van der Waals surface area contributed by atoms with Crippen molar-refractivity contribution < 1.29 is 0 Å². The van der Waals surface area contributed by atoms with E-state index in [4.69, 9.17) is 5.73 Å². The fourth-order valence-corrected chi connectivity index (χ4v) is 3.84. The molecule has 0 saturated carbocycles. The maximum absolute atomic E-state index is 6.51. The van der Waals surface area contributed by atoms with Crippen LogP contribution >= 0.6 is 15.9 Å². The predicted molar refractivity (Wildman–Crippen MR) is 78.9 cm³/mol. The van der Waals surface area contributed by atoms with Crippen LogP contribution in [0, 0.1) is 5.92 Å². The van der Waals surface area contributed by atoms with Crippen LogP contribution in [0.4, 0.5) is 5.69 Å². The Balaban J connectivity index is 2.03. The fraction of sp³-hybridized carbons (Fsp3) is 0.571. The molecule has 1 fully saturated rings. The molecule has 0 aromatic heterocycles. The minimum absolute atomic E-state index is 0.164. The summed E-state index contributed by atoms with van der Waals surface area (Å²) in [6.07, 6.45) is 1.21. The number of likely N-dealkylation sites (tertiary alicyclic amines) is 1. The second-order valence-electron chi connectivity index (χ2n) is 5.62. The highest BCUT2D eigenvalue weighted by Crippen LogP contribution is 2.42. The van der Waals surface area contributed by atoms with Crippen molar-refractivity contribution in [2.75, 3.05) is 32.1 Å². The normalized spacial score (nSPS) is 32.0. The van der Waals surface area contributed by atoms with Crippen molar-refractivity contribution in [3.05, 3.63) is 28.2 Å². The lowest BCUT2D eigenvalue weighted by Crippen LogP contribution is -2.55. The standard InChI is InChI=1S/C14H20BrN3/c1-17-6-5-12-11(8-17)14(16)10-4-3-9(15)7-13(10)18(12)2/h3-4,7,11-12,14H,5-6,8,16H2,1-2H3. The van der Waals surface area contributed by atoms with Gasteiger partial charge in [-0.2, -0.15) is 0 Å². The van der Waals surface area contributed by atoms with Crippen LogP contribution in [0.1, 0.15) is 18.0 Å². The molecule has 2 N–H and O–H groups in total. The summed E-state index contributed by atoms with van der Waals surface area (Å²) in [6, 6.07) is 7.21. The van der Waals surface area contributed by atoms with Crippen LogP contribution < -0.4 is 10.6 Å². The van der Waals surface area contributed by atoms with Gasteiger partial charge in [-0.15, -0.1) is 0 Å². The summed E-state index contributed by atoms with van der Waals surface area (Å²) < 4.78 is 1.13. The van der Waals surface area contributed by atoms with Gasteiger partial charge in [-0.05, 0) is 37.7 Å². The van der Waals surface area contributed by atoms with Crippen LogP contribution in [-0.4, -0.2) is 38.1 Å². The average molecular weight is 310 g/mol. The van der Waals surface area contributed by atoms with Crippen molar-refractivity contribution in [1.29, 1.82) is 0 Å². The number of benzene rings is 1. The quantitative estimate of drug-likeness (QED) is 0.797. The third kappa shape index (κ3) is 1.87. The highest BCUT2D eigenvalue weighted by molar-refractivity contribution is 9.10. The van der Waals surface area contributed by atoms with Gasteiger partial charge in [0.15, 0.2) is 0 Å². The van der Waals surface area contributed by atoms with Gasteiger partial charge in [0.2, 0.25) is 0 Å². The molecule has 98 valence electrons. The number of piperidine rings is 1. The van der Waals surface area contributed by atoms with Crippen LogP contribution in [0.15, 0.2) is 22.7 Å².